The van der Waals surface area contributed by atoms with Gasteiger partial charge in [-0.25, -0.2) is 0 Å². The molecular formula is C11H11N3S2. The molecule has 1 unspecified atom stereocenters. The zero-order valence-electron chi connectivity index (χ0n) is 8.80. The van der Waals surface area contributed by atoms with Gasteiger partial charge in [0.2, 0.25) is 0 Å². The predicted octanol–water partition coefficient (Wildman–Crippen LogP) is 2.93. The van der Waals surface area contributed by atoms with Crippen LogP contribution in [0, 0.1) is 11.3 Å². The Kier molecular flexibility index (Phi) is 3.67. The van der Waals surface area contributed by atoms with Gasteiger partial charge in [0, 0.05) is 28.5 Å². The number of rotatable bonds is 4. The van der Waals surface area contributed by atoms with Crippen LogP contribution in [0.5, 0.6) is 0 Å². The van der Waals surface area contributed by atoms with Crippen LogP contribution in [0.1, 0.15) is 27.6 Å². The van der Waals surface area contributed by atoms with E-state index in [-0.39, 0.29) is 6.04 Å². The summed E-state index contributed by atoms with van der Waals surface area (Å²) in [6.07, 6.45) is 1.87. The summed E-state index contributed by atoms with van der Waals surface area (Å²) in [7, 11) is 0. The van der Waals surface area contributed by atoms with Crippen molar-refractivity contribution in [2.45, 2.75) is 19.5 Å². The lowest BCUT2D eigenvalue weighted by Crippen LogP contribution is -2.16. The molecule has 0 aliphatic rings. The first-order chi connectivity index (χ1) is 7.79. The van der Waals surface area contributed by atoms with Gasteiger partial charge in [-0.1, -0.05) is 0 Å². The molecule has 0 aliphatic heterocycles. The van der Waals surface area contributed by atoms with E-state index in [1.54, 1.807) is 22.7 Å². The Hall–Kier alpha value is -1.22. The normalized spacial score (nSPS) is 12.2. The van der Waals surface area contributed by atoms with E-state index in [0.29, 0.717) is 0 Å². The highest BCUT2D eigenvalue weighted by molar-refractivity contribution is 7.12. The minimum Gasteiger partial charge on any atom is -0.304 e. The molecule has 82 valence electrons. The fourth-order valence-electron chi connectivity index (χ4n) is 1.33. The monoisotopic (exact) mass is 249 g/mol. The first kappa shape index (κ1) is 11.3. The van der Waals surface area contributed by atoms with Crippen LogP contribution in [0.15, 0.2) is 23.8 Å². The van der Waals surface area contributed by atoms with Gasteiger partial charge in [0.1, 0.15) is 10.9 Å². The number of thiazole rings is 1. The molecule has 2 rings (SSSR count). The number of thiophene rings is 1. The standard InChI is InChI=1S/C11H11N3S2/c1-8(11-3-2-9(4-12)16-11)14-6-10-5-13-7-15-10/h2-3,5,7-8,14H,6H2,1H3. The predicted molar refractivity (Wildman–Crippen MR) is 66.4 cm³/mol. The Morgan fingerprint density at radius 1 is 1.56 bits per heavy atom. The molecule has 0 saturated carbocycles. The molecule has 0 bridgehead atoms. The molecule has 2 heterocycles. The minimum absolute atomic E-state index is 0.272. The van der Waals surface area contributed by atoms with Crippen molar-refractivity contribution in [3.63, 3.8) is 0 Å². The highest BCUT2D eigenvalue weighted by Crippen LogP contribution is 2.22. The van der Waals surface area contributed by atoms with Gasteiger partial charge in [-0.05, 0) is 19.1 Å². The van der Waals surface area contributed by atoms with Crippen molar-refractivity contribution in [3.05, 3.63) is 38.5 Å². The Morgan fingerprint density at radius 2 is 2.44 bits per heavy atom. The molecule has 0 spiro atoms. The summed E-state index contributed by atoms with van der Waals surface area (Å²) in [6.45, 7) is 2.93. The van der Waals surface area contributed by atoms with Crippen molar-refractivity contribution in [2.24, 2.45) is 0 Å². The van der Waals surface area contributed by atoms with Crippen LogP contribution in [0.3, 0.4) is 0 Å². The number of nitriles is 1. The summed E-state index contributed by atoms with van der Waals surface area (Å²) in [5.74, 6) is 0. The lowest BCUT2D eigenvalue weighted by atomic mass is 10.2. The molecule has 2 aromatic rings. The van der Waals surface area contributed by atoms with E-state index in [9.17, 15) is 0 Å². The van der Waals surface area contributed by atoms with Crippen molar-refractivity contribution in [1.82, 2.24) is 10.3 Å². The maximum Gasteiger partial charge on any atom is 0.110 e. The average Bonchev–Trinajstić information content (AvgIpc) is 2.96. The fourth-order valence-corrected chi connectivity index (χ4v) is 2.71. The Balaban J connectivity index is 1.93. The SMILES string of the molecule is CC(NCc1cncs1)c1ccc(C#N)s1. The third-order valence-electron chi connectivity index (χ3n) is 2.23. The van der Waals surface area contributed by atoms with Gasteiger partial charge >= 0.3 is 0 Å². The van der Waals surface area contributed by atoms with Crippen molar-refractivity contribution in [1.29, 1.82) is 5.26 Å². The number of aromatic nitrogens is 1. The van der Waals surface area contributed by atoms with Gasteiger partial charge in [-0.15, -0.1) is 22.7 Å². The van der Waals surface area contributed by atoms with Gasteiger partial charge in [0.05, 0.1) is 5.51 Å². The van der Waals surface area contributed by atoms with Gasteiger partial charge in [0.25, 0.3) is 0 Å². The maximum absolute atomic E-state index is 8.75. The van der Waals surface area contributed by atoms with Crippen LogP contribution in [0.25, 0.3) is 0 Å². The van der Waals surface area contributed by atoms with E-state index in [2.05, 4.69) is 23.3 Å². The summed E-state index contributed by atoms with van der Waals surface area (Å²) >= 11 is 3.19. The summed E-state index contributed by atoms with van der Waals surface area (Å²) in [5.41, 5.74) is 1.83. The van der Waals surface area contributed by atoms with E-state index in [1.807, 2.05) is 23.8 Å². The first-order valence-corrected chi connectivity index (χ1v) is 6.60. The molecule has 16 heavy (non-hydrogen) atoms. The van der Waals surface area contributed by atoms with Crippen molar-refractivity contribution in [2.75, 3.05) is 0 Å². The van der Waals surface area contributed by atoms with Gasteiger partial charge in [-0.3, -0.25) is 4.98 Å². The van der Waals surface area contributed by atoms with Crippen LogP contribution in [-0.4, -0.2) is 4.98 Å². The molecular weight excluding hydrogens is 238 g/mol. The zero-order chi connectivity index (χ0) is 11.4. The molecule has 5 heteroatoms. The van der Waals surface area contributed by atoms with E-state index in [1.165, 1.54) is 9.75 Å². The largest absolute Gasteiger partial charge is 0.304 e. The van der Waals surface area contributed by atoms with Crippen LogP contribution in [-0.2, 0) is 6.54 Å². The molecule has 0 aliphatic carbocycles. The maximum atomic E-state index is 8.75. The fraction of sp³-hybridized carbons (Fsp3) is 0.273. The second-order valence-corrected chi connectivity index (χ2v) is 5.47. The molecule has 0 saturated heterocycles. The summed E-state index contributed by atoms with van der Waals surface area (Å²) < 4.78 is 0. The summed E-state index contributed by atoms with van der Waals surface area (Å²) in [6, 6.07) is 6.30. The van der Waals surface area contributed by atoms with E-state index in [0.717, 1.165) is 11.4 Å². The Labute approximate surface area is 102 Å². The van der Waals surface area contributed by atoms with Crippen LogP contribution in [0.4, 0.5) is 0 Å². The van der Waals surface area contributed by atoms with Gasteiger partial charge in [-0.2, -0.15) is 5.26 Å². The lowest BCUT2D eigenvalue weighted by molar-refractivity contribution is 0.587. The lowest BCUT2D eigenvalue weighted by Gasteiger charge is -2.10. The molecule has 0 radical (unpaired) electrons. The molecule has 1 atom stereocenters. The summed E-state index contributed by atoms with van der Waals surface area (Å²) in [5, 5.41) is 12.2. The van der Waals surface area contributed by atoms with Crippen molar-refractivity contribution in [3.8, 4) is 6.07 Å². The minimum atomic E-state index is 0.272. The molecule has 1 N–H and O–H groups in total. The van der Waals surface area contributed by atoms with Crippen molar-refractivity contribution >= 4 is 22.7 Å². The highest BCUT2D eigenvalue weighted by Gasteiger charge is 2.08. The topological polar surface area (TPSA) is 48.7 Å². The van der Waals surface area contributed by atoms with Gasteiger partial charge in [0.15, 0.2) is 0 Å². The average molecular weight is 249 g/mol. The van der Waals surface area contributed by atoms with E-state index >= 15 is 0 Å². The second-order valence-electron chi connectivity index (χ2n) is 3.38. The third-order valence-corrected chi connectivity index (χ3v) is 4.18. The van der Waals surface area contributed by atoms with Crippen LogP contribution >= 0.6 is 22.7 Å². The number of nitrogens with one attached hydrogen (secondary N) is 1. The molecule has 0 fully saturated rings. The van der Waals surface area contributed by atoms with Crippen LogP contribution < -0.4 is 5.32 Å². The van der Waals surface area contributed by atoms with E-state index in [4.69, 9.17) is 5.26 Å². The number of nitrogens with zero attached hydrogens (tertiary/aromatic N) is 2. The van der Waals surface area contributed by atoms with E-state index < -0.39 is 0 Å². The Bertz CT molecular complexity index is 482. The third kappa shape index (κ3) is 2.67. The highest BCUT2D eigenvalue weighted by atomic mass is 32.1. The smallest absolute Gasteiger partial charge is 0.110 e. The molecule has 2 aromatic heterocycles. The summed E-state index contributed by atoms with van der Waals surface area (Å²) in [4.78, 5) is 7.21. The molecule has 0 amide bonds. The van der Waals surface area contributed by atoms with Crippen LogP contribution in [0.2, 0.25) is 0 Å². The molecule has 0 aromatic carbocycles. The van der Waals surface area contributed by atoms with Gasteiger partial charge < -0.3 is 5.32 Å². The Morgan fingerprint density at radius 3 is 3.06 bits per heavy atom. The first-order valence-electron chi connectivity index (χ1n) is 4.90. The zero-order valence-corrected chi connectivity index (χ0v) is 10.4. The number of hydrogen-bond acceptors (Lipinski definition) is 5. The molecule has 3 nitrogen and oxygen atoms in total. The second kappa shape index (κ2) is 5.21. The quantitative estimate of drug-likeness (QED) is 0.906. The number of hydrogen-bond donors (Lipinski definition) is 1. The van der Waals surface area contributed by atoms with Crippen molar-refractivity contribution < 1.29 is 0 Å².